The number of aromatic hydroxyl groups is 3. The van der Waals surface area contributed by atoms with Crippen molar-refractivity contribution >= 4 is 5.78 Å². The lowest BCUT2D eigenvalue weighted by Crippen LogP contribution is -2.36. The summed E-state index contributed by atoms with van der Waals surface area (Å²) in [6.45, 7) is 3.04. The van der Waals surface area contributed by atoms with Crippen LogP contribution in [0.4, 0.5) is 0 Å². The van der Waals surface area contributed by atoms with Gasteiger partial charge in [0, 0.05) is 11.1 Å². The Labute approximate surface area is 132 Å². The molecule has 0 saturated heterocycles. The van der Waals surface area contributed by atoms with E-state index in [9.17, 15) is 25.2 Å². The van der Waals surface area contributed by atoms with Crippen molar-refractivity contribution in [1.82, 2.24) is 0 Å². The van der Waals surface area contributed by atoms with Gasteiger partial charge in [0.1, 0.15) is 28.6 Å². The summed E-state index contributed by atoms with van der Waals surface area (Å²) in [7, 11) is 0. The number of fused-ring (bicyclic) bond motifs is 1. The smallest absolute Gasteiger partial charge is 0.202 e. The van der Waals surface area contributed by atoms with Crippen molar-refractivity contribution in [3.63, 3.8) is 0 Å². The molecule has 1 heterocycles. The van der Waals surface area contributed by atoms with Gasteiger partial charge in [-0.25, -0.2) is 0 Å². The zero-order chi connectivity index (χ0) is 16.9. The summed E-state index contributed by atoms with van der Waals surface area (Å²) in [6, 6.07) is 5.90. The summed E-state index contributed by atoms with van der Waals surface area (Å²) >= 11 is 0. The highest BCUT2D eigenvalue weighted by Gasteiger charge is 2.40. The molecular formula is C17H16O6. The quantitative estimate of drug-likeness (QED) is 0.642. The van der Waals surface area contributed by atoms with Gasteiger partial charge in [-0.15, -0.1) is 0 Å². The summed E-state index contributed by atoms with van der Waals surface area (Å²) < 4.78 is 5.72. The lowest BCUT2D eigenvalue weighted by molar-refractivity contribution is 0.0207. The van der Waals surface area contributed by atoms with Crippen LogP contribution in [0.3, 0.4) is 0 Å². The Hall–Kier alpha value is -2.73. The summed E-state index contributed by atoms with van der Waals surface area (Å²) in [5.74, 6) is -1.12. The second-order valence-corrected chi connectivity index (χ2v) is 5.59. The van der Waals surface area contributed by atoms with Crippen molar-refractivity contribution in [2.45, 2.75) is 26.1 Å². The number of aliphatic hydroxyl groups is 1. The first-order valence-corrected chi connectivity index (χ1v) is 7.06. The van der Waals surface area contributed by atoms with Crippen LogP contribution in [0.5, 0.6) is 23.0 Å². The van der Waals surface area contributed by atoms with Gasteiger partial charge in [-0.3, -0.25) is 4.79 Å². The number of hydrogen-bond acceptors (Lipinski definition) is 6. The Balaban J connectivity index is 2.16. The van der Waals surface area contributed by atoms with Gasteiger partial charge < -0.3 is 25.2 Å². The number of phenols is 3. The molecular weight excluding hydrogens is 300 g/mol. The fourth-order valence-corrected chi connectivity index (χ4v) is 2.75. The van der Waals surface area contributed by atoms with Crippen molar-refractivity contribution in [1.29, 1.82) is 0 Å². The molecule has 2 aromatic carbocycles. The molecule has 1 aliphatic heterocycles. The Morgan fingerprint density at radius 2 is 1.57 bits per heavy atom. The Morgan fingerprint density at radius 3 is 2.17 bits per heavy atom. The maximum Gasteiger partial charge on any atom is 0.202 e. The fourth-order valence-electron chi connectivity index (χ4n) is 2.75. The SMILES string of the molecule is Cc1c(O)c(C)c2c(c1O)C(=O)[C@H](O)[C@@H](c1ccc(O)cc1)O2. The lowest BCUT2D eigenvalue weighted by Gasteiger charge is -2.32. The zero-order valence-electron chi connectivity index (χ0n) is 12.6. The Morgan fingerprint density at radius 1 is 0.957 bits per heavy atom. The van der Waals surface area contributed by atoms with Gasteiger partial charge >= 0.3 is 0 Å². The normalized spacial score (nSPS) is 20.0. The van der Waals surface area contributed by atoms with Crippen molar-refractivity contribution in [2.75, 3.05) is 0 Å². The number of carbonyl (C=O) groups is 1. The van der Waals surface area contributed by atoms with E-state index in [2.05, 4.69) is 0 Å². The van der Waals surface area contributed by atoms with Crippen molar-refractivity contribution in [3.8, 4) is 23.0 Å². The molecule has 2 atom stereocenters. The molecule has 0 fully saturated rings. The molecule has 0 aliphatic carbocycles. The van der Waals surface area contributed by atoms with Crippen LogP contribution in [0.25, 0.3) is 0 Å². The van der Waals surface area contributed by atoms with E-state index in [0.717, 1.165) is 0 Å². The van der Waals surface area contributed by atoms with Gasteiger partial charge in [-0.1, -0.05) is 12.1 Å². The second-order valence-electron chi connectivity index (χ2n) is 5.59. The van der Waals surface area contributed by atoms with E-state index in [1.54, 1.807) is 6.92 Å². The van der Waals surface area contributed by atoms with Crippen LogP contribution < -0.4 is 4.74 Å². The summed E-state index contributed by atoms with van der Waals surface area (Å²) in [5.41, 5.74) is 0.849. The maximum absolute atomic E-state index is 12.5. The van der Waals surface area contributed by atoms with E-state index in [-0.39, 0.29) is 28.4 Å². The molecule has 4 N–H and O–H groups in total. The number of hydrogen-bond donors (Lipinski definition) is 4. The van der Waals surface area contributed by atoms with Crippen molar-refractivity contribution in [3.05, 3.63) is 46.5 Å². The van der Waals surface area contributed by atoms with E-state index >= 15 is 0 Å². The first kappa shape index (κ1) is 15.2. The molecule has 2 aromatic rings. The molecule has 6 heteroatoms. The van der Waals surface area contributed by atoms with E-state index in [1.807, 2.05) is 0 Å². The van der Waals surface area contributed by atoms with Crippen LogP contribution in [-0.4, -0.2) is 32.3 Å². The highest BCUT2D eigenvalue weighted by atomic mass is 16.5. The summed E-state index contributed by atoms with van der Waals surface area (Å²) in [6.07, 6.45) is -2.49. The largest absolute Gasteiger partial charge is 0.508 e. The molecule has 0 amide bonds. The minimum atomic E-state index is -1.50. The van der Waals surface area contributed by atoms with Crippen molar-refractivity contribution < 1.29 is 30.0 Å². The van der Waals surface area contributed by atoms with Gasteiger partial charge in [0.25, 0.3) is 0 Å². The van der Waals surface area contributed by atoms with Crippen LogP contribution in [0.1, 0.15) is 33.2 Å². The predicted molar refractivity (Wildman–Crippen MR) is 81.1 cm³/mol. The van der Waals surface area contributed by atoms with Crippen LogP contribution in [0, 0.1) is 13.8 Å². The first-order valence-electron chi connectivity index (χ1n) is 7.06. The summed E-state index contributed by atoms with van der Waals surface area (Å²) in [5, 5.41) is 39.8. The Bertz CT molecular complexity index is 794. The first-order chi connectivity index (χ1) is 10.8. The molecule has 0 bridgehead atoms. The minimum Gasteiger partial charge on any atom is -0.508 e. The number of rotatable bonds is 1. The molecule has 3 rings (SSSR count). The third kappa shape index (κ3) is 2.19. The Kier molecular flexibility index (Phi) is 3.41. The molecule has 0 spiro atoms. The van der Waals surface area contributed by atoms with E-state index < -0.39 is 23.7 Å². The molecule has 0 saturated carbocycles. The number of benzene rings is 2. The van der Waals surface area contributed by atoms with E-state index in [4.69, 9.17) is 4.74 Å². The molecule has 0 unspecified atom stereocenters. The predicted octanol–water partition coefficient (Wildman–Crippen LogP) is 2.10. The van der Waals surface area contributed by atoms with Crippen LogP contribution in [0.15, 0.2) is 24.3 Å². The van der Waals surface area contributed by atoms with E-state index in [1.165, 1.54) is 31.2 Å². The molecule has 120 valence electrons. The van der Waals surface area contributed by atoms with E-state index in [0.29, 0.717) is 11.1 Å². The number of aliphatic hydroxyl groups excluding tert-OH is 1. The maximum atomic E-state index is 12.5. The number of ketones is 1. The standard InChI is InChI=1S/C17H16O6/c1-7-12(19)8(2)16-11(13(7)20)14(21)15(22)17(23-16)9-3-5-10(18)6-4-9/h3-6,15,17-20,22H,1-2H3/t15-,17+/m0/s1. The monoisotopic (exact) mass is 316 g/mol. The highest BCUT2D eigenvalue weighted by molar-refractivity contribution is 6.06. The molecule has 6 nitrogen and oxygen atoms in total. The highest BCUT2D eigenvalue weighted by Crippen LogP contribution is 2.47. The number of Topliss-reactive ketones (excluding diaryl/α,β-unsaturated/α-hetero) is 1. The summed E-state index contributed by atoms with van der Waals surface area (Å²) in [4.78, 5) is 12.5. The lowest BCUT2D eigenvalue weighted by atomic mass is 9.90. The number of ether oxygens (including phenoxy) is 1. The minimum absolute atomic E-state index is 0.0490. The van der Waals surface area contributed by atoms with Gasteiger partial charge in [-0.05, 0) is 31.5 Å². The van der Waals surface area contributed by atoms with Crippen LogP contribution in [-0.2, 0) is 0 Å². The fraction of sp³-hybridized carbons (Fsp3) is 0.235. The molecule has 23 heavy (non-hydrogen) atoms. The average Bonchev–Trinajstić information content (AvgIpc) is 2.54. The average molecular weight is 316 g/mol. The van der Waals surface area contributed by atoms with Gasteiger partial charge in [-0.2, -0.15) is 0 Å². The third-order valence-electron chi connectivity index (χ3n) is 4.14. The van der Waals surface area contributed by atoms with Crippen LogP contribution >= 0.6 is 0 Å². The number of carbonyl (C=O) groups excluding carboxylic acids is 1. The topological polar surface area (TPSA) is 107 Å². The molecule has 0 radical (unpaired) electrons. The molecule has 1 aliphatic rings. The van der Waals surface area contributed by atoms with Gasteiger partial charge in [0.2, 0.25) is 5.78 Å². The van der Waals surface area contributed by atoms with Gasteiger partial charge in [0.05, 0.1) is 0 Å². The third-order valence-corrected chi connectivity index (χ3v) is 4.14. The molecule has 0 aromatic heterocycles. The number of phenolic OH excluding ortho intramolecular Hbond substituents is 3. The van der Waals surface area contributed by atoms with Gasteiger partial charge in [0.15, 0.2) is 12.2 Å². The van der Waals surface area contributed by atoms with Crippen molar-refractivity contribution in [2.24, 2.45) is 0 Å². The van der Waals surface area contributed by atoms with Crippen LogP contribution in [0.2, 0.25) is 0 Å². The zero-order valence-corrected chi connectivity index (χ0v) is 12.6. The second kappa shape index (κ2) is 5.17.